The Labute approximate surface area is 154 Å². The van der Waals surface area contributed by atoms with Crippen molar-refractivity contribution in [3.63, 3.8) is 0 Å². The number of imidazole rings is 1. The lowest BCUT2D eigenvalue weighted by Gasteiger charge is -2.02. The molecular formula is C23H38N2. The van der Waals surface area contributed by atoms with Crippen LogP contribution in [0, 0.1) is 13.8 Å². The van der Waals surface area contributed by atoms with Gasteiger partial charge in [0.25, 0.3) is 0 Å². The van der Waals surface area contributed by atoms with E-state index in [9.17, 15) is 0 Å². The third kappa shape index (κ3) is 6.84. The minimum atomic E-state index is 1.09. The van der Waals surface area contributed by atoms with Crippen LogP contribution in [0.4, 0.5) is 0 Å². The molecule has 0 radical (unpaired) electrons. The number of hydrogen-bond donors (Lipinski definition) is 1. The first-order chi connectivity index (χ1) is 12.2. The maximum Gasteiger partial charge on any atom is 0.107 e. The van der Waals surface area contributed by atoms with Gasteiger partial charge in [-0.05, 0) is 37.5 Å². The second-order valence-corrected chi connectivity index (χ2v) is 7.73. The molecule has 1 aromatic heterocycles. The van der Waals surface area contributed by atoms with Crippen LogP contribution >= 0.6 is 0 Å². The summed E-state index contributed by atoms with van der Waals surface area (Å²) in [7, 11) is 0. The van der Waals surface area contributed by atoms with E-state index >= 15 is 0 Å². The number of rotatable bonds is 13. The van der Waals surface area contributed by atoms with Gasteiger partial charge < -0.3 is 4.98 Å². The van der Waals surface area contributed by atoms with E-state index in [1.54, 1.807) is 0 Å². The summed E-state index contributed by atoms with van der Waals surface area (Å²) in [6.07, 6.45) is 17.9. The summed E-state index contributed by atoms with van der Waals surface area (Å²) in [6.45, 7) is 6.62. The molecule has 2 aromatic rings. The van der Waals surface area contributed by atoms with Crippen molar-refractivity contribution in [2.45, 2.75) is 104 Å². The minimum Gasteiger partial charge on any atom is -0.342 e. The Balaban J connectivity index is 1.51. The smallest absolute Gasteiger partial charge is 0.107 e. The van der Waals surface area contributed by atoms with Crippen molar-refractivity contribution < 1.29 is 0 Å². The highest BCUT2D eigenvalue weighted by Gasteiger charge is 2.06. The summed E-state index contributed by atoms with van der Waals surface area (Å²) >= 11 is 0. The molecule has 1 heterocycles. The molecule has 2 rings (SSSR count). The quantitative estimate of drug-likeness (QED) is 0.377. The van der Waals surface area contributed by atoms with E-state index in [0.29, 0.717) is 0 Å². The van der Waals surface area contributed by atoms with Crippen LogP contribution in [-0.2, 0) is 6.42 Å². The van der Waals surface area contributed by atoms with Gasteiger partial charge in [-0.25, -0.2) is 4.98 Å². The number of nitrogens with zero attached hydrogens (tertiary/aromatic N) is 1. The zero-order chi connectivity index (χ0) is 17.9. The summed E-state index contributed by atoms with van der Waals surface area (Å²) < 4.78 is 0. The molecule has 0 aliphatic carbocycles. The van der Waals surface area contributed by atoms with Crippen LogP contribution in [0.25, 0.3) is 11.0 Å². The first-order valence-electron chi connectivity index (χ1n) is 10.7. The van der Waals surface area contributed by atoms with E-state index in [1.165, 1.54) is 93.7 Å². The van der Waals surface area contributed by atoms with Crippen LogP contribution in [0.1, 0.15) is 101 Å². The normalized spacial score (nSPS) is 11.5. The number of unbranched alkanes of at least 4 members (excludes halogenated alkanes) is 11. The van der Waals surface area contributed by atoms with Crippen molar-refractivity contribution in [2.75, 3.05) is 0 Å². The van der Waals surface area contributed by atoms with E-state index < -0.39 is 0 Å². The highest BCUT2D eigenvalue weighted by molar-refractivity contribution is 5.79. The van der Waals surface area contributed by atoms with Gasteiger partial charge in [0.1, 0.15) is 5.82 Å². The van der Waals surface area contributed by atoms with Crippen molar-refractivity contribution in [2.24, 2.45) is 0 Å². The number of hydrogen-bond acceptors (Lipinski definition) is 1. The molecule has 0 saturated carbocycles. The lowest BCUT2D eigenvalue weighted by Crippen LogP contribution is -1.89. The zero-order valence-corrected chi connectivity index (χ0v) is 16.8. The molecule has 2 nitrogen and oxygen atoms in total. The van der Waals surface area contributed by atoms with E-state index in [0.717, 1.165) is 17.8 Å². The molecular weight excluding hydrogens is 304 g/mol. The first kappa shape index (κ1) is 20.0. The van der Waals surface area contributed by atoms with Crippen LogP contribution < -0.4 is 0 Å². The Morgan fingerprint density at radius 2 is 1.32 bits per heavy atom. The molecule has 25 heavy (non-hydrogen) atoms. The van der Waals surface area contributed by atoms with Crippen molar-refractivity contribution in [1.29, 1.82) is 0 Å². The van der Waals surface area contributed by atoms with E-state index in [-0.39, 0.29) is 0 Å². The molecule has 0 atom stereocenters. The number of aryl methyl sites for hydroxylation is 3. The molecule has 140 valence electrons. The molecule has 0 saturated heterocycles. The molecule has 1 aromatic carbocycles. The Bertz CT molecular complexity index is 612. The zero-order valence-electron chi connectivity index (χ0n) is 16.8. The Kier molecular flexibility index (Phi) is 9.07. The first-order valence-corrected chi connectivity index (χ1v) is 10.7. The van der Waals surface area contributed by atoms with Crippen LogP contribution in [-0.4, -0.2) is 9.97 Å². The van der Waals surface area contributed by atoms with Crippen LogP contribution in [0.15, 0.2) is 12.1 Å². The van der Waals surface area contributed by atoms with E-state index in [4.69, 9.17) is 4.98 Å². The van der Waals surface area contributed by atoms with Crippen LogP contribution in [0.5, 0.6) is 0 Å². The molecule has 0 bridgehead atoms. The van der Waals surface area contributed by atoms with E-state index in [1.807, 2.05) is 0 Å². The van der Waals surface area contributed by atoms with Gasteiger partial charge in [-0.15, -0.1) is 0 Å². The second kappa shape index (κ2) is 11.3. The van der Waals surface area contributed by atoms with Gasteiger partial charge in [0.2, 0.25) is 0 Å². The third-order valence-electron chi connectivity index (χ3n) is 5.49. The fraction of sp³-hybridized carbons (Fsp3) is 0.696. The van der Waals surface area contributed by atoms with Crippen molar-refractivity contribution in [3.8, 4) is 0 Å². The molecule has 0 amide bonds. The van der Waals surface area contributed by atoms with Crippen molar-refractivity contribution in [1.82, 2.24) is 9.97 Å². The summed E-state index contributed by atoms with van der Waals surface area (Å²) in [4.78, 5) is 8.30. The highest BCUT2D eigenvalue weighted by Crippen LogP contribution is 2.20. The molecule has 0 aliphatic rings. The van der Waals surface area contributed by atoms with Crippen molar-refractivity contribution in [3.05, 3.63) is 29.1 Å². The van der Waals surface area contributed by atoms with Gasteiger partial charge in [0.05, 0.1) is 11.0 Å². The molecule has 2 heteroatoms. The fourth-order valence-corrected chi connectivity index (χ4v) is 3.62. The lowest BCUT2D eigenvalue weighted by molar-refractivity contribution is 0.543. The van der Waals surface area contributed by atoms with Gasteiger partial charge in [0.15, 0.2) is 0 Å². The number of aromatic amines is 1. The average molecular weight is 343 g/mol. The summed E-state index contributed by atoms with van der Waals surface area (Å²) in [5, 5.41) is 0. The third-order valence-corrected chi connectivity index (χ3v) is 5.49. The molecule has 0 fully saturated rings. The molecule has 0 unspecified atom stereocenters. The van der Waals surface area contributed by atoms with Gasteiger partial charge in [-0.3, -0.25) is 0 Å². The van der Waals surface area contributed by atoms with Gasteiger partial charge in [0, 0.05) is 6.42 Å². The Hall–Kier alpha value is -1.31. The maximum absolute atomic E-state index is 4.81. The minimum absolute atomic E-state index is 1.09. The SMILES string of the molecule is CCCCCCCCCCCCCCc1nc2c(C)c(C)ccc2[nH]1. The number of H-pyrrole nitrogens is 1. The standard InChI is InChI=1S/C23H38N2/c1-4-5-6-7-8-9-10-11-12-13-14-15-16-22-24-21-18-17-19(2)20(3)23(21)25-22/h17-18H,4-16H2,1-3H3,(H,24,25). The number of aromatic nitrogens is 2. The Morgan fingerprint density at radius 1 is 0.760 bits per heavy atom. The summed E-state index contributed by atoms with van der Waals surface area (Å²) in [5.74, 6) is 1.16. The lowest BCUT2D eigenvalue weighted by atomic mass is 10.0. The highest BCUT2D eigenvalue weighted by atomic mass is 14.9. The molecule has 0 spiro atoms. The predicted molar refractivity (Wildman–Crippen MR) is 110 cm³/mol. The second-order valence-electron chi connectivity index (χ2n) is 7.73. The molecule has 1 N–H and O–H groups in total. The number of nitrogens with one attached hydrogen (secondary N) is 1. The van der Waals surface area contributed by atoms with Gasteiger partial charge in [-0.1, -0.05) is 83.6 Å². The van der Waals surface area contributed by atoms with Crippen molar-refractivity contribution >= 4 is 11.0 Å². The van der Waals surface area contributed by atoms with E-state index in [2.05, 4.69) is 37.9 Å². The van der Waals surface area contributed by atoms with Gasteiger partial charge in [-0.2, -0.15) is 0 Å². The number of benzene rings is 1. The van der Waals surface area contributed by atoms with Gasteiger partial charge >= 0.3 is 0 Å². The van der Waals surface area contributed by atoms with Crippen LogP contribution in [0.2, 0.25) is 0 Å². The predicted octanol–water partition coefficient (Wildman–Crippen LogP) is 7.42. The monoisotopic (exact) mass is 342 g/mol. The molecule has 0 aliphatic heterocycles. The number of fused-ring (bicyclic) bond motifs is 1. The fourth-order valence-electron chi connectivity index (χ4n) is 3.62. The average Bonchev–Trinajstić information content (AvgIpc) is 3.03. The largest absolute Gasteiger partial charge is 0.342 e. The maximum atomic E-state index is 4.81. The topological polar surface area (TPSA) is 28.7 Å². The summed E-state index contributed by atoms with van der Waals surface area (Å²) in [6, 6.07) is 4.35. The summed E-state index contributed by atoms with van der Waals surface area (Å²) in [5.41, 5.74) is 5.00. The Morgan fingerprint density at radius 3 is 1.92 bits per heavy atom. The van der Waals surface area contributed by atoms with Crippen LogP contribution in [0.3, 0.4) is 0 Å².